The molecule has 0 radical (unpaired) electrons. The van der Waals surface area contributed by atoms with Gasteiger partial charge in [-0.3, -0.25) is 9.59 Å². The molecule has 1 spiro atoms. The van der Waals surface area contributed by atoms with E-state index in [4.69, 9.17) is 10.00 Å². The fourth-order valence-electron chi connectivity index (χ4n) is 4.68. The molecule has 2 N–H and O–H groups in total. The average Bonchev–Trinajstić information content (AvgIpc) is 3.28. The van der Waals surface area contributed by atoms with Crippen LogP contribution < -0.4 is 15.5 Å². The molecule has 3 aromatic rings. The van der Waals surface area contributed by atoms with E-state index in [9.17, 15) is 9.59 Å². The fourth-order valence-corrected chi connectivity index (χ4v) is 4.68. The molecule has 0 atom stereocenters. The first kappa shape index (κ1) is 23.3. The summed E-state index contributed by atoms with van der Waals surface area (Å²) in [6.07, 6.45) is 4.16. The van der Waals surface area contributed by atoms with Crippen LogP contribution in [0.1, 0.15) is 29.6 Å². The third-order valence-electron chi connectivity index (χ3n) is 6.80. The van der Waals surface area contributed by atoms with Gasteiger partial charge in [0.1, 0.15) is 6.54 Å². The fraction of sp³-hybridized carbons (Fsp3) is 0.296. The molecule has 0 unspecified atom stereocenters. The summed E-state index contributed by atoms with van der Waals surface area (Å²) in [5.74, 6) is 0.117. The number of hydrogen-bond donors (Lipinski definition) is 2. The second-order valence-electron chi connectivity index (χ2n) is 9.18. The van der Waals surface area contributed by atoms with E-state index < -0.39 is 0 Å². The van der Waals surface area contributed by atoms with Crippen molar-refractivity contribution in [1.82, 2.24) is 15.3 Å². The second kappa shape index (κ2) is 10.0. The SMILES string of the molecule is N#CCNC(=O)c1ccc(-c2ccnc(Nc3ccc(N4CCC5(CC4)COC(=O)C5)cc3)n2)cc1. The molecule has 9 nitrogen and oxygen atoms in total. The number of nitrogens with zero attached hydrogens (tertiary/aromatic N) is 4. The largest absolute Gasteiger partial charge is 0.465 e. The first-order valence-electron chi connectivity index (χ1n) is 11.9. The van der Waals surface area contributed by atoms with Crippen LogP contribution in [0.4, 0.5) is 17.3 Å². The molecule has 1 aromatic heterocycles. The third kappa shape index (κ3) is 5.13. The van der Waals surface area contributed by atoms with Gasteiger partial charge in [0.05, 0.1) is 24.8 Å². The molecule has 36 heavy (non-hydrogen) atoms. The van der Waals surface area contributed by atoms with Gasteiger partial charge < -0.3 is 20.3 Å². The molecule has 0 saturated carbocycles. The van der Waals surface area contributed by atoms with Gasteiger partial charge in [-0.15, -0.1) is 0 Å². The van der Waals surface area contributed by atoms with Crippen LogP contribution in [0.15, 0.2) is 60.8 Å². The van der Waals surface area contributed by atoms with Crippen LogP contribution in [0, 0.1) is 16.7 Å². The minimum atomic E-state index is -0.289. The molecule has 3 heterocycles. The molecule has 2 aliphatic heterocycles. The van der Waals surface area contributed by atoms with E-state index in [0.717, 1.165) is 48.6 Å². The average molecular weight is 483 g/mol. The van der Waals surface area contributed by atoms with Gasteiger partial charge in [-0.1, -0.05) is 12.1 Å². The number of nitrogens with one attached hydrogen (secondary N) is 2. The van der Waals surface area contributed by atoms with Gasteiger partial charge in [0.25, 0.3) is 5.91 Å². The smallest absolute Gasteiger partial charge is 0.306 e. The van der Waals surface area contributed by atoms with E-state index in [0.29, 0.717) is 24.5 Å². The minimum absolute atomic E-state index is 0.0289. The quantitative estimate of drug-likeness (QED) is 0.403. The van der Waals surface area contributed by atoms with Gasteiger partial charge in [0.2, 0.25) is 5.95 Å². The Morgan fingerprint density at radius 3 is 2.50 bits per heavy atom. The van der Waals surface area contributed by atoms with Crippen LogP contribution >= 0.6 is 0 Å². The summed E-state index contributed by atoms with van der Waals surface area (Å²) in [6.45, 7) is 2.35. The predicted molar refractivity (Wildman–Crippen MR) is 135 cm³/mol. The van der Waals surface area contributed by atoms with Crippen molar-refractivity contribution in [1.29, 1.82) is 5.26 Å². The Bertz CT molecular complexity index is 1290. The first-order chi connectivity index (χ1) is 17.5. The van der Waals surface area contributed by atoms with Crippen molar-refractivity contribution in [2.45, 2.75) is 19.3 Å². The maximum atomic E-state index is 12.0. The molecule has 2 fully saturated rings. The van der Waals surface area contributed by atoms with Gasteiger partial charge in [-0.25, -0.2) is 9.97 Å². The standard InChI is InChI=1S/C27H26N6O3/c28-12-14-29-25(35)20-3-1-19(2-4-20)23-9-13-30-26(32-23)31-21-5-7-22(8-6-21)33-15-10-27(11-16-33)17-24(34)36-18-27/h1-9,13H,10-11,14-18H2,(H,29,35)(H,30,31,32). The minimum Gasteiger partial charge on any atom is -0.465 e. The van der Waals surface area contributed by atoms with E-state index in [2.05, 4.69) is 37.6 Å². The number of ether oxygens (including phenoxy) is 1. The van der Waals surface area contributed by atoms with Crippen LogP contribution in [-0.2, 0) is 9.53 Å². The van der Waals surface area contributed by atoms with Crippen LogP contribution in [0.25, 0.3) is 11.3 Å². The highest BCUT2D eigenvalue weighted by Gasteiger charge is 2.42. The highest BCUT2D eigenvalue weighted by atomic mass is 16.5. The molecule has 0 aliphatic carbocycles. The number of carbonyl (C=O) groups excluding carboxylic acids is 2. The summed E-state index contributed by atoms with van der Waals surface area (Å²) in [7, 11) is 0. The van der Waals surface area contributed by atoms with Crippen LogP contribution in [0.2, 0.25) is 0 Å². The number of amides is 1. The number of benzene rings is 2. The monoisotopic (exact) mass is 482 g/mol. The van der Waals surface area contributed by atoms with E-state index in [1.165, 1.54) is 0 Å². The lowest BCUT2D eigenvalue weighted by Crippen LogP contribution is -2.40. The van der Waals surface area contributed by atoms with Crippen molar-refractivity contribution in [2.75, 3.05) is 36.5 Å². The number of aromatic nitrogens is 2. The summed E-state index contributed by atoms with van der Waals surface area (Å²) in [6, 6.07) is 18.9. The Morgan fingerprint density at radius 2 is 1.83 bits per heavy atom. The summed E-state index contributed by atoms with van der Waals surface area (Å²) < 4.78 is 5.22. The maximum Gasteiger partial charge on any atom is 0.306 e. The molecule has 2 aliphatic rings. The zero-order valence-electron chi connectivity index (χ0n) is 19.7. The summed E-state index contributed by atoms with van der Waals surface area (Å²) in [5, 5.41) is 14.4. The van der Waals surface area contributed by atoms with Crippen molar-refractivity contribution in [3.63, 3.8) is 0 Å². The van der Waals surface area contributed by atoms with E-state index >= 15 is 0 Å². The van der Waals surface area contributed by atoms with Crippen molar-refractivity contribution < 1.29 is 14.3 Å². The first-order valence-corrected chi connectivity index (χ1v) is 11.9. The summed E-state index contributed by atoms with van der Waals surface area (Å²) in [5.41, 5.74) is 4.12. The number of carbonyl (C=O) groups is 2. The van der Waals surface area contributed by atoms with Crippen molar-refractivity contribution in [3.05, 3.63) is 66.4 Å². The molecule has 0 bridgehead atoms. The Labute approximate surface area is 209 Å². The van der Waals surface area contributed by atoms with Crippen LogP contribution in [0.5, 0.6) is 0 Å². The maximum absolute atomic E-state index is 12.0. The number of nitriles is 1. The zero-order chi connectivity index (χ0) is 25.0. The van der Waals surface area contributed by atoms with Gasteiger partial charge in [0.15, 0.2) is 0 Å². The van der Waals surface area contributed by atoms with Crippen molar-refractivity contribution in [3.8, 4) is 17.3 Å². The van der Waals surface area contributed by atoms with Crippen LogP contribution in [-0.4, -0.2) is 48.1 Å². The number of piperidine rings is 1. The Balaban J connectivity index is 1.21. The lowest BCUT2D eigenvalue weighted by atomic mass is 9.78. The van der Waals surface area contributed by atoms with Gasteiger partial charge in [0, 0.05) is 47.2 Å². The number of esters is 1. The third-order valence-corrected chi connectivity index (χ3v) is 6.80. The van der Waals surface area contributed by atoms with Crippen molar-refractivity contribution >= 4 is 29.2 Å². The molecule has 5 rings (SSSR count). The second-order valence-corrected chi connectivity index (χ2v) is 9.18. The number of rotatable bonds is 6. The van der Waals surface area contributed by atoms with Gasteiger partial charge >= 0.3 is 5.97 Å². The predicted octanol–water partition coefficient (Wildman–Crippen LogP) is 3.67. The zero-order valence-corrected chi connectivity index (χ0v) is 19.7. The number of hydrogen-bond acceptors (Lipinski definition) is 8. The molecule has 2 saturated heterocycles. The molecular weight excluding hydrogens is 456 g/mol. The van der Waals surface area contributed by atoms with Crippen LogP contribution in [0.3, 0.4) is 0 Å². The van der Waals surface area contributed by atoms with E-state index in [1.54, 1.807) is 18.3 Å². The molecule has 182 valence electrons. The van der Waals surface area contributed by atoms with Crippen molar-refractivity contribution in [2.24, 2.45) is 5.41 Å². The lowest BCUT2D eigenvalue weighted by Gasteiger charge is -2.38. The Kier molecular flexibility index (Phi) is 6.50. The number of anilines is 3. The summed E-state index contributed by atoms with van der Waals surface area (Å²) in [4.78, 5) is 34.8. The van der Waals surface area contributed by atoms with Gasteiger partial charge in [-0.05, 0) is 55.3 Å². The highest BCUT2D eigenvalue weighted by Crippen LogP contribution is 2.40. The molecule has 2 aromatic carbocycles. The lowest BCUT2D eigenvalue weighted by molar-refractivity contribution is -0.137. The number of cyclic esters (lactones) is 1. The molecular formula is C27H26N6O3. The highest BCUT2D eigenvalue weighted by molar-refractivity contribution is 5.94. The Morgan fingerprint density at radius 1 is 1.08 bits per heavy atom. The Hall–Kier alpha value is -4.45. The molecule has 9 heteroatoms. The summed E-state index contributed by atoms with van der Waals surface area (Å²) >= 11 is 0. The normalized spacial score (nSPS) is 16.3. The molecule has 1 amide bonds. The van der Waals surface area contributed by atoms with E-state index in [1.807, 2.05) is 36.4 Å². The van der Waals surface area contributed by atoms with Gasteiger partial charge in [-0.2, -0.15) is 5.26 Å². The topological polar surface area (TPSA) is 120 Å². The van der Waals surface area contributed by atoms with E-state index in [-0.39, 0.29) is 23.8 Å².